The van der Waals surface area contributed by atoms with E-state index in [-0.39, 0.29) is 12.5 Å². The molecule has 2 unspecified atom stereocenters. The van der Waals surface area contributed by atoms with Crippen LogP contribution in [0.3, 0.4) is 0 Å². The molecule has 0 heterocycles. The molecule has 0 radical (unpaired) electrons. The molecule has 0 spiro atoms. The Morgan fingerprint density at radius 3 is 2.79 bits per heavy atom. The Bertz CT molecular complexity index is 458. The van der Waals surface area contributed by atoms with E-state index in [1.807, 2.05) is 24.3 Å². The Balaban J connectivity index is 1.87. The highest BCUT2D eigenvalue weighted by molar-refractivity contribution is 5.70. The lowest BCUT2D eigenvalue weighted by atomic mass is 10.1. The van der Waals surface area contributed by atoms with Crippen molar-refractivity contribution >= 4 is 6.03 Å². The third kappa shape index (κ3) is 3.48. The summed E-state index contributed by atoms with van der Waals surface area (Å²) in [6, 6.07) is 7.04. The maximum absolute atomic E-state index is 10.7. The largest absolute Gasteiger partial charge is 0.490 e. The van der Waals surface area contributed by atoms with Crippen LogP contribution in [0.25, 0.3) is 0 Å². The van der Waals surface area contributed by atoms with Gasteiger partial charge in [0.25, 0.3) is 0 Å². The number of hydrogen-bond donors (Lipinski definition) is 2. The minimum Gasteiger partial charge on any atom is -0.490 e. The van der Waals surface area contributed by atoms with Crippen LogP contribution in [0.1, 0.15) is 17.9 Å². The molecule has 0 aromatic heterocycles. The Hall–Kier alpha value is -2.01. The van der Waals surface area contributed by atoms with Gasteiger partial charge in [-0.2, -0.15) is 0 Å². The summed E-state index contributed by atoms with van der Waals surface area (Å²) in [4.78, 5) is 10.7. The van der Waals surface area contributed by atoms with E-state index in [1.54, 1.807) is 6.08 Å². The zero-order valence-corrected chi connectivity index (χ0v) is 10.7. The van der Waals surface area contributed by atoms with Crippen molar-refractivity contribution in [1.29, 1.82) is 0 Å². The number of nitrogens with zero attached hydrogens (tertiary/aromatic N) is 1. The fourth-order valence-corrected chi connectivity index (χ4v) is 2.14. The average Bonchev–Trinajstić information content (AvgIpc) is 3.16. The van der Waals surface area contributed by atoms with E-state index >= 15 is 0 Å². The highest BCUT2D eigenvalue weighted by Crippen LogP contribution is 2.47. The molecule has 2 rings (SSSR count). The fourth-order valence-electron chi connectivity index (χ4n) is 2.14. The second-order valence-corrected chi connectivity index (χ2v) is 4.69. The molecule has 1 aromatic rings. The highest BCUT2D eigenvalue weighted by Gasteiger charge is 2.39. The number of ether oxygens (including phenoxy) is 1. The molecule has 1 aliphatic rings. The van der Waals surface area contributed by atoms with Crippen LogP contribution >= 0.6 is 0 Å². The lowest BCUT2D eigenvalue weighted by molar-refractivity contribution is -0.0431. The van der Waals surface area contributed by atoms with Crippen LogP contribution in [0.4, 0.5) is 4.79 Å². The van der Waals surface area contributed by atoms with Crippen molar-refractivity contribution in [2.75, 3.05) is 13.2 Å². The normalized spacial score (nSPS) is 20.7. The summed E-state index contributed by atoms with van der Waals surface area (Å²) >= 11 is 0. The number of hydroxylamine groups is 2. The number of amides is 2. The van der Waals surface area contributed by atoms with Gasteiger partial charge in [0.15, 0.2) is 0 Å². The predicted octanol–water partition coefficient (Wildman–Crippen LogP) is 2.12. The van der Waals surface area contributed by atoms with E-state index < -0.39 is 6.03 Å². The molecule has 5 heteroatoms. The van der Waals surface area contributed by atoms with E-state index in [1.165, 1.54) is 5.56 Å². The molecule has 19 heavy (non-hydrogen) atoms. The van der Waals surface area contributed by atoms with E-state index in [9.17, 15) is 10.0 Å². The van der Waals surface area contributed by atoms with Crippen molar-refractivity contribution in [3.63, 3.8) is 0 Å². The minimum atomic E-state index is -0.807. The Morgan fingerprint density at radius 1 is 1.53 bits per heavy atom. The van der Waals surface area contributed by atoms with Crippen molar-refractivity contribution in [3.05, 3.63) is 42.5 Å². The standard InChI is InChI=1S/C14H18N2O3/c1-2-7-19-12-5-3-10(4-6-12)13-8-11(13)9-16(18)14(15)17/h2-6,11,13,18H,1,7-9H2,(H2,15,17). The molecule has 2 amide bonds. The average molecular weight is 262 g/mol. The smallest absolute Gasteiger partial charge is 0.338 e. The van der Waals surface area contributed by atoms with Crippen molar-refractivity contribution < 1.29 is 14.7 Å². The summed E-state index contributed by atoms with van der Waals surface area (Å²) in [6.07, 6.45) is 2.65. The third-order valence-electron chi connectivity index (χ3n) is 3.26. The molecule has 5 nitrogen and oxygen atoms in total. The van der Waals surface area contributed by atoms with E-state index in [4.69, 9.17) is 10.5 Å². The Labute approximate surface area is 112 Å². The van der Waals surface area contributed by atoms with Crippen LogP contribution in [0.5, 0.6) is 5.75 Å². The SMILES string of the molecule is C=CCOc1ccc(C2CC2CN(O)C(N)=O)cc1. The molecule has 0 bridgehead atoms. The molecule has 1 saturated carbocycles. The molecule has 0 saturated heterocycles. The first-order valence-electron chi connectivity index (χ1n) is 6.21. The first kappa shape index (κ1) is 13.4. The van der Waals surface area contributed by atoms with Crippen LogP contribution in [-0.4, -0.2) is 29.5 Å². The number of urea groups is 1. The summed E-state index contributed by atoms with van der Waals surface area (Å²) in [5, 5.41) is 9.85. The van der Waals surface area contributed by atoms with E-state index in [0.717, 1.165) is 12.2 Å². The van der Waals surface area contributed by atoms with E-state index in [0.29, 0.717) is 17.6 Å². The molecule has 1 aliphatic carbocycles. The molecular formula is C14H18N2O3. The van der Waals surface area contributed by atoms with Crippen LogP contribution in [0, 0.1) is 5.92 Å². The monoisotopic (exact) mass is 262 g/mol. The second kappa shape index (κ2) is 5.75. The first-order chi connectivity index (χ1) is 9.11. The van der Waals surface area contributed by atoms with Crippen molar-refractivity contribution in [2.45, 2.75) is 12.3 Å². The van der Waals surface area contributed by atoms with Gasteiger partial charge in [0.1, 0.15) is 12.4 Å². The van der Waals surface area contributed by atoms with Gasteiger partial charge in [-0.15, -0.1) is 0 Å². The molecule has 3 N–H and O–H groups in total. The highest BCUT2D eigenvalue weighted by atomic mass is 16.5. The maximum Gasteiger partial charge on any atom is 0.338 e. The third-order valence-corrected chi connectivity index (χ3v) is 3.26. The number of hydrogen-bond acceptors (Lipinski definition) is 3. The van der Waals surface area contributed by atoms with Gasteiger partial charge >= 0.3 is 6.03 Å². The first-order valence-corrected chi connectivity index (χ1v) is 6.21. The molecule has 0 aliphatic heterocycles. The predicted molar refractivity (Wildman–Crippen MR) is 71.1 cm³/mol. The zero-order chi connectivity index (χ0) is 13.8. The van der Waals surface area contributed by atoms with Crippen LogP contribution in [0.15, 0.2) is 36.9 Å². The fraction of sp³-hybridized carbons (Fsp3) is 0.357. The Morgan fingerprint density at radius 2 is 2.21 bits per heavy atom. The molecule has 1 fully saturated rings. The van der Waals surface area contributed by atoms with Gasteiger partial charge in [-0.1, -0.05) is 24.8 Å². The number of benzene rings is 1. The summed E-state index contributed by atoms with van der Waals surface area (Å²) in [6.45, 7) is 4.37. The van der Waals surface area contributed by atoms with Crippen molar-refractivity contribution in [2.24, 2.45) is 11.7 Å². The van der Waals surface area contributed by atoms with Gasteiger partial charge in [-0.3, -0.25) is 5.21 Å². The minimum absolute atomic E-state index is 0.275. The zero-order valence-electron chi connectivity index (χ0n) is 10.7. The number of rotatable bonds is 6. The van der Waals surface area contributed by atoms with Gasteiger partial charge in [0, 0.05) is 0 Å². The molecular weight excluding hydrogens is 244 g/mol. The Kier molecular flexibility index (Phi) is 4.06. The van der Waals surface area contributed by atoms with Crippen molar-refractivity contribution in [3.8, 4) is 5.75 Å². The summed E-state index contributed by atoms with van der Waals surface area (Å²) in [7, 11) is 0. The number of nitrogens with two attached hydrogens (primary N) is 1. The van der Waals surface area contributed by atoms with Gasteiger partial charge in [-0.05, 0) is 36.0 Å². The summed E-state index contributed by atoms with van der Waals surface area (Å²) in [5.74, 6) is 1.46. The molecule has 102 valence electrons. The van der Waals surface area contributed by atoms with Crippen LogP contribution in [0.2, 0.25) is 0 Å². The number of primary amides is 1. The molecule has 1 aromatic carbocycles. The van der Waals surface area contributed by atoms with Crippen LogP contribution in [-0.2, 0) is 0 Å². The lowest BCUT2D eigenvalue weighted by Crippen LogP contribution is -2.34. The van der Waals surface area contributed by atoms with E-state index in [2.05, 4.69) is 6.58 Å². The van der Waals surface area contributed by atoms with Gasteiger partial charge in [0.05, 0.1) is 6.54 Å². The van der Waals surface area contributed by atoms with Gasteiger partial charge in [-0.25, -0.2) is 9.86 Å². The number of carbonyl (C=O) groups excluding carboxylic acids is 1. The van der Waals surface area contributed by atoms with Crippen molar-refractivity contribution in [1.82, 2.24) is 5.06 Å². The quantitative estimate of drug-likeness (QED) is 0.468. The van der Waals surface area contributed by atoms with Gasteiger partial charge in [0.2, 0.25) is 0 Å². The topological polar surface area (TPSA) is 75.8 Å². The second-order valence-electron chi connectivity index (χ2n) is 4.69. The molecule has 2 atom stereocenters. The maximum atomic E-state index is 10.7. The lowest BCUT2D eigenvalue weighted by Gasteiger charge is -2.11. The van der Waals surface area contributed by atoms with Gasteiger partial charge < -0.3 is 10.5 Å². The summed E-state index contributed by atoms with van der Waals surface area (Å²) in [5.41, 5.74) is 6.16. The summed E-state index contributed by atoms with van der Waals surface area (Å²) < 4.78 is 5.41. The number of carbonyl (C=O) groups is 1. The van der Waals surface area contributed by atoms with Crippen LogP contribution < -0.4 is 10.5 Å².